The first kappa shape index (κ1) is 15.7. The molecule has 0 unspecified atom stereocenters. The summed E-state index contributed by atoms with van der Waals surface area (Å²) in [6, 6.07) is 1.60. The summed E-state index contributed by atoms with van der Waals surface area (Å²) in [5.41, 5.74) is -0.720. The maximum atomic E-state index is 12.1. The van der Waals surface area contributed by atoms with Crippen LogP contribution in [0.4, 0.5) is 12.9 Å². The summed E-state index contributed by atoms with van der Waals surface area (Å²) in [6.45, 7) is -1.97. The van der Waals surface area contributed by atoms with Crippen molar-refractivity contribution < 1.29 is 64.3 Å². The van der Waals surface area contributed by atoms with Crippen molar-refractivity contribution in [3.8, 4) is 0 Å². The summed E-state index contributed by atoms with van der Waals surface area (Å²) >= 11 is 0.929. The van der Waals surface area contributed by atoms with Gasteiger partial charge in [0, 0.05) is 12.4 Å². The fraction of sp³-hybridized carbons (Fsp3) is 0.143. The third-order valence-electron chi connectivity index (χ3n) is 1.39. The first-order valence-corrected chi connectivity index (χ1v) is 4.76. The Labute approximate surface area is 133 Å². The average molecular weight is 258 g/mol. The number of nitrogens with zero attached hydrogens (tertiary/aromatic N) is 2. The summed E-state index contributed by atoms with van der Waals surface area (Å²) < 4.78 is 36.2. The van der Waals surface area contributed by atoms with Crippen LogP contribution in [-0.4, -0.2) is 22.7 Å². The Bertz CT molecular complexity index is 320. The average Bonchev–Trinajstić information content (AvgIpc) is 2.14. The van der Waals surface area contributed by atoms with E-state index >= 15 is 0 Å². The van der Waals surface area contributed by atoms with Crippen molar-refractivity contribution in [2.24, 2.45) is 0 Å². The maximum Gasteiger partial charge on any atom is 1.00 e. The minimum atomic E-state index is -4.94. The molecule has 15 heavy (non-hydrogen) atoms. The van der Waals surface area contributed by atoms with Gasteiger partial charge in [-0.25, -0.2) is 9.97 Å². The Balaban J connectivity index is 0.00000196. The number of rotatable bonds is 4. The van der Waals surface area contributed by atoms with Crippen LogP contribution in [0.25, 0.3) is 0 Å². The van der Waals surface area contributed by atoms with Crippen molar-refractivity contribution in [3.05, 3.63) is 30.5 Å². The van der Waals surface area contributed by atoms with Crippen molar-refractivity contribution in [2.45, 2.75) is 5.16 Å². The Morgan fingerprint density at radius 3 is 2.33 bits per heavy atom. The molecule has 0 N–H and O–H groups in total. The number of thioether (sulfide) groups is 1. The van der Waals surface area contributed by atoms with Gasteiger partial charge in [0.2, 0.25) is 0 Å². The summed E-state index contributed by atoms with van der Waals surface area (Å²) in [7, 11) is 0. The fourth-order valence-electron chi connectivity index (χ4n) is 0.612. The van der Waals surface area contributed by atoms with E-state index in [0.717, 1.165) is 11.8 Å². The molecule has 0 aliphatic carbocycles. The molecule has 0 aliphatic rings. The smallest absolute Gasteiger partial charge is 0.445 e. The molecule has 0 atom stereocenters. The summed E-state index contributed by atoms with van der Waals surface area (Å²) in [5.74, 6) is -0.215. The van der Waals surface area contributed by atoms with Crippen LogP contribution in [0.2, 0.25) is 0 Å². The van der Waals surface area contributed by atoms with Crippen molar-refractivity contribution in [3.63, 3.8) is 0 Å². The third kappa shape index (κ3) is 6.08. The summed E-state index contributed by atoms with van der Waals surface area (Å²) in [6.07, 6.45) is 2.97. The molecule has 0 radical (unpaired) electrons. The Kier molecular flexibility index (Phi) is 7.39. The normalized spacial score (nSPS) is 10.6. The molecule has 0 spiro atoms. The predicted molar refractivity (Wildman–Crippen MR) is 51.0 cm³/mol. The van der Waals surface area contributed by atoms with Crippen LogP contribution >= 0.6 is 11.8 Å². The molecule has 0 saturated carbocycles. The van der Waals surface area contributed by atoms with Gasteiger partial charge in [-0.05, 0) is 11.8 Å². The predicted octanol–water partition coefficient (Wildman–Crippen LogP) is -0.484. The minimum Gasteiger partial charge on any atom is -0.445 e. The fourth-order valence-corrected chi connectivity index (χ4v) is 1.39. The minimum absolute atomic E-state index is 0. The molecule has 0 fully saturated rings. The summed E-state index contributed by atoms with van der Waals surface area (Å²) in [4.78, 5) is 7.57. The maximum absolute atomic E-state index is 12.1. The van der Waals surface area contributed by atoms with Crippen LogP contribution in [0, 0.1) is 0 Å². The molecule has 1 rings (SSSR count). The van der Waals surface area contributed by atoms with Gasteiger partial charge < -0.3 is 12.9 Å². The quantitative estimate of drug-likeness (QED) is 0.414. The van der Waals surface area contributed by atoms with E-state index in [1.165, 1.54) is 12.4 Å². The van der Waals surface area contributed by atoms with Gasteiger partial charge >= 0.3 is 58.4 Å². The number of halogens is 3. The molecule has 0 saturated heterocycles. The van der Waals surface area contributed by atoms with E-state index in [0.29, 0.717) is 5.16 Å². The second-order valence-corrected chi connectivity index (χ2v) is 3.50. The zero-order chi connectivity index (χ0) is 10.6. The molecule has 0 amide bonds. The largest absolute Gasteiger partial charge is 1.00 e. The first-order chi connectivity index (χ1) is 6.50. The zero-order valence-electron chi connectivity index (χ0n) is 8.16. The van der Waals surface area contributed by atoms with Crippen molar-refractivity contribution in [1.29, 1.82) is 0 Å². The SMILES string of the molecule is C=C(CSc1ncccn1)[B-](F)(F)F.[K+]. The second-order valence-electron chi connectivity index (χ2n) is 2.55. The van der Waals surface area contributed by atoms with Crippen molar-refractivity contribution in [2.75, 3.05) is 5.75 Å². The number of hydrogen-bond donors (Lipinski definition) is 0. The molecular formula is C7H7BF3KN2S. The molecule has 8 heteroatoms. The van der Waals surface area contributed by atoms with E-state index in [1.54, 1.807) is 6.07 Å². The molecular weight excluding hydrogens is 251 g/mol. The van der Waals surface area contributed by atoms with Gasteiger partial charge in [-0.3, -0.25) is 0 Å². The number of hydrogen-bond acceptors (Lipinski definition) is 3. The van der Waals surface area contributed by atoms with Crippen molar-refractivity contribution in [1.82, 2.24) is 9.97 Å². The van der Waals surface area contributed by atoms with Gasteiger partial charge in [0.15, 0.2) is 5.16 Å². The Hall–Kier alpha value is 0.661. The Morgan fingerprint density at radius 1 is 1.33 bits per heavy atom. The second kappa shape index (κ2) is 7.08. The van der Waals surface area contributed by atoms with E-state index in [1.807, 2.05) is 0 Å². The molecule has 0 aliphatic heterocycles. The van der Waals surface area contributed by atoms with Crippen LogP contribution in [0.1, 0.15) is 0 Å². The molecule has 1 heterocycles. The van der Waals surface area contributed by atoms with E-state index in [4.69, 9.17) is 0 Å². The van der Waals surface area contributed by atoms with Gasteiger partial charge in [-0.2, -0.15) is 0 Å². The van der Waals surface area contributed by atoms with Crippen LogP contribution in [-0.2, 0) is 0 Å². The summed E-state index contributed by atoms with van der Waals surface area (Å²) in [5, 5.41) is 0.328. The topological polar surface area (TPSA) is 25.8 Å². The van der Waals surface area contributed by atoms with Gasteiger partial charge in [0.05, 0.1) is 0 Å². The van der Waals surface area contributed by atoms with Crippen LogP contribution in [0.5, 0.6) is 0 Å². The monoisotopic (exact) mass is 258 g/mol. The third-order valence-corrected chi connectivity index (χ3v) is 2.38. The van der Waals surface area contributed by atoms with E-state index < -0.39 is 12.4 Å². The Morgan fingerprint density at radius 2 is 1.87 bits per heavy atom. The molecule has 0 aromatic carbocycles. The van der Waals surface area contributed by atoms with Gasteiger partial charge in [0.1, 0.15) is 0 Å². The van der Waals surface area contributed by atoms with Crippen LogP contribution in [0.3, 0.4) is 0 Å². The van der Waals surface area contributed by atoms with Crippen LogP contribution in [0.15, 0.2) is 35.7 Å². The zero-order valence-corrected chi connectivity index (χ0v) is 12.1. The molecule has 2 nitrogen and oxygen atoms in total. The first-order valence-electron chi connectivity index (χ1n) is 3.77. The van der Waals surface area contributed by atoms with E-state index in [2.05, 4.69) is 16.5 Å². The van der Waals surface area contributed by atoms with Gasteiger partial charge in [0.25, 0.3) is 0 Å². The van der Waals surface area contributed by atoms with Crippen molar-refractivity contribution >= 4 is 18.7 Å². The standard InChI is InChI=1S/C7H7BF3N2S.K/c1-6(8(9,10)11)5-14-7-12-3-2-4-13-7;/h2-4H,1,5H2;/q-1;+1. The molecule has 76 valence electrons. The molecule has 0 bridgehead atoms. The van der Waals surface area contributed by atoms with E-state index in [9.17, 15) is 12.9 Å². The molecule has 1 aromatic rings. The van der Waals surface area contributed by atoms with Gasteiger partial charge in [-0.1, -0.05) is 11.8 Å². The van der Waals surface area contributed by atoms with Crippen LogP contribution < -0.4 is 51.4 Å². The number of aromatic nitrogens is 2. The molecule has 1 aromatic heterocycles. The van der Waals surface area contributed by atoms with Gasteiger partial charge in [-0.15, -0.1) is 12.1 Å². The van der Waals surface area contributed by atoms with E-state index in [-0.39, 0.29) is 57.1 Å².